The zero-order chi connectivity index (χ0) is 11.1. The topological polar surface area (TPSA) is 35.2 Å². The fourth-order valence-corrected chi connectivity index (χ4v) is 2.14. The van der Waals surface area contributed by atoms with E-state index in [1.165, 1.54) is 18.4 Å². The predicted octanol–water partition coefficient (Wildman–Crippen LogP) is 2.65. The first-order valence-corrected chi connectivity index (χ1v) is 5.55. The average Bonchev–Trinajstić information content (AvgIpc) is 3.02. The van der Waals surface area contributed by atoms with E-state index in [1.807, 2.05) is 13.0 Å². The van der Waals surface area contributed by atoms with Gasteiger partial charge in [0.05, 0.1) is 12.1 Å². The van der Waals surface area contributed by atoms with Crippen molar-refractivity contribution in [1.29, 1.82) is 0 Å². The predicted molar refractivity (Wildman–Crippen MR) is 62.7 cm³/mol. The van der Waals surface area contributed by atoms with Crippen LogP contribution in [0, 0.1) is 6.92 Å². The Labute approximate surface area is 95.4 Å². The summed E-state index contributed by atoms with van der Waals surface area (Å²) in [7, 11) is 1.65. The molecular formula is C12H16ClNO. The lowest BCUT2D eigenvalue weighted by atomic mass is 9.94. The first-order valence-electron chi connectivity index (χ1n) is 5.17. The van der Waals surface area contributed by atoms with Crippen molar-refractivity contribution in [1.82, 2.24) is 0 Å². The summed E-state index contributed by atoms with van der Waals surface area (Å²) in [5.41, 5.74) is 8.33. The van der Waals surface area contributed by atoms with Gasteiger partial charge in [0.1, 0.15) is 5.75 Å². The molecule has 0 atom stereocenters. The Kier molecular flexibility index (Phi) is 2.65. The van der Waals surface area contributed by atoms with Gasteiger partial charge in [-0.3, -0.25) is 0 Å². The molecule has 0 spiro atoms. The van der Waals surface area contributed by atoms with Gasteiger partial charge in [0, 0.05) is 12.0 Å². The summed E-state index contributed by atoms with van der Waals surface area (Å²) in [6, 6.07) is 4.15. The molecule has 0 heterocycles. The molecule has 2 N–H and O–H groups in total. The fourth-order valence-electron chi connectivity index (χ4n) is 1.95. The number of hydrogen-bond donors (Lipinski definition) is 1. The van der Waals surface area contributed by atoms with E-state index in [0.717, 1.165) is 11.3 Å². The van der Waals surface area contributed by atoms with Gasteiger partial charge < -0.3 is 10.5 Å². The first kappa shape index (κ1) is 10.8. The van der Waals surface area contributed by atoms with Gasteiger partial charge in [-0.25, -0.2) is 0 Å². The maximum Gasteiger partial charge on any atom is 0.138 e. The highest BCUT2D eigenvalue weighted by atomic mass is 35.5. The number of nitrogens with two attached hydrogens (primary N) is 1. The molecule has 0 bridgehead atoms. The molecule has 1 aliphatic carbocycles. The summed E-state index contributed by atoms with van der Waals surface area (Å²) < 4.78 is 5.26. The Bertz CT molecular complexity index is 385. The molecule has 1 fully saturated rings. The number of ether oxygens (including phenoxy) is 1. The zero-order valence-electron chi connectivity index (χ0n) is 9.14. The molecule has 0 saturated heterocycles. The van der Waals surface area contributed by atoms with E-state index in [9.17, 15) is 0 Å². The van der Waals surface area contributed by atoms with Crippen LogP contribution in [0.4, 0.5) is 0 Å². The van der Waals surface area contributed by atoms with Crippen LogP contribution < -0.4 is 10.5 Å². The largest absolute Gasteiger partial charge is 0.495 e. The van der Waals surface area contributed by atoms with Crippen molar-refractivity contribution in [2.75, 3.05) is 13.7 Å². The van der Waals surface area contributed by atoms with Gasteiger partial charge in [-0.1, -0.05) is 17.7 Å². The second-order valence-corrected chi connectivity index (χ2v) is 4.67. The SMILES string of the molecule is COc1cc(C2(CN)CC2)cc(C)c1Cl. The second kappa shape index (κ2) is 3.69. The van der Waals surface area contributed by atoms with Gasteiger partial charge in [-0.05, 0) is 37.0 Å². The van der Waals surface area contributed by atoms with Gasteiger partial charge in [0.15, 0.2) is 0 Å². The molecule has 0 aliphatic heterocycles. The van der Waals surface area contributed by atoms with Crippen molar-refractivity contribution >= 4 is 11.6 Å². The van der Waals surface area contributed by atoms with Crippen molar-refractivity contribution in [3.05, 3.63) is 28.3 Å². The molecule has 1 aliphatic rings. The minimum atomic E-state index is 0.197. The van der Waals surface area contributed by atoms with E-state index >= 15 is 0 Å². The van der Waals surface area contributed by atoms with Crippen LogP contribution in [0.25, 0.3) is 0 Å². The van der Waals surface area contributed by atoms with Crippen LogP contribution >= 0.6 is 11.6 Å². The van der Waals surface area contributed by atoms with Crippen LogP contribution in [-0.2, 0) is 5.41 Å². The number of hydrogen-bond acceptors (Lipinski definition) is 2. The highest BCUT2D eigenvalue weighted by Crippen LogP contribution is 2.49. The van der Waals surface area contributed by atoms with E-state index in [2.05, 4.69) is 6.07 Å². The third-order valence-corrected chi connectivity index (χ3v) is 3.78. The number of halogens is 1. The van der Waals surface area contributed by atoms with Gasteiger partial charge in [-0.2, -0.15) is 0 Å². The van der Waals surface area contributed by atoms with E-state index in [-0.39, 0.29) is 5.41 Å². The lowest BCUT2D eigenvalue weighted by Crippen LogP contribution is -2.19. The molecular weight excluding hydrogens is 210 g/mol. The highest BCUT2D eigenvalue weighted by Gasteiger charge is 2.43. The van der Waals surface area contributed by atoms with Crippen LogP contribution in [0.3, 0.4) is 0 Å². The van der Waals surface area contributed by atoms with Crippen LogP contribution in [0.2, 0.25) is 5.02 Å². The summed E-state index contributed by atoms with van der Waals surface area (Å²) in [6.07, 6.45) is 2.35. The van der Waals surface area contributed by atoms with Crippen LogP contribution in [0.5, 0.6) is 5.75 Å². The van der Waals surface area contributed by atoms with E-state index < -0.39 is 0 Å². The maximum absolute atomic E-state index is 6.12. The molecule has 1 aromatic carbocycles. The molecule has 0 unspecified atom stereocenters. The molecule has 1 saturated carbocycles. The Balaban J connectivity index is 2.46. The Hall–Kier alpha value is -0.730. The van der Waals surface area contributed by atoms with Crippen molar-refractivity contribution in [3.8, 4) is 5.75 Å². The Morgan fingerprint density at radius 2 is 2.13 bits per heavy atom. The normalized spacial score (nSPS) is 17.6. The molecule has 0 aromatic heterocycles. The van der Waals surface area contributed by atoms with Gasteiger partial charge >= 0.3 is 0 Å². The Morgan fingerprint density at radius 1 is 1.47 bits per heavy atom. The molecule has 0 radical (unpaired) electrons. The monoisotopic (exact) mass is 225 g/mol. The fraction of sp³-hybridized carbons (Fsp3) is 0.500. The lowest BCUT2D eigenvalue weighted by molar-refractivity contribution is 0.413. The third-order valence-electron chi connectivity index (χ3n) is 3.30. The zero-order valence-corrected chi connectivity index (χ0v) is 9.90. The van der Waals surface area contributed by atoms with Gasteiger partial charge in [0.2, 0.25) is 0 Å². The van der Waals surface area contributed by atoms with Crippen LogP contribution in [0.15, 0.2) is 12.1 Å². The van der Waals surface area contributed by atoms with Crippen molar-refractivity contribution in [2.45, 2.75) is 25.2 Å². The number of benzene rings is 1. The molecule has 15 heavy (non-hydrogen) atoms. The molecule has 2 nitrogen and oxygen atoms in total. The minimum absolute atomic E-state index is 0.197. The Morgan fingerprint density at radius 3 is 2.60 bits per heavy atom. The molecule has 0 amide bonds. The number of rotatable bonds is 3. The lowest BCUT2D eigenvalue weighted by Gasteiger charge is -2.16. The molecule has 3 heteroatoms. The standard InChI is InChI=1S/C12H16ClNO/c1-8-5-9(12(7-14)3-4-12)6-10(15-2)11(8)13/h5-6H,3-4,7,14H2,1-2H3. The first-order chi connectivity index (χ1) is 7.13. The average molecular weight is 226 g/mol. The minimum Gasteiger partial charge on any atom is -0.495 e. The third kappa shape index (κ3) is 1.72. The molecule has 2 rings (SSSR count). The van der Waals surface area contributed by atoms with Crippen LogP contribution in [0.1, 0.15) is 24.0 Å². The summed E-state index contributed by atoms with van der Waals surface area (Å²) in [4.78, 5) is 0. The highest BCUT2D eigenvalue weighted by molar-refractivity contribution is 6.32. The summed E-state index contributed by atoms with van der Waals surface area (Å²) in [6.45, 7) is 2.71. The van der Waals surface area contributed by atoms with Gasteiger partial charge in [0.25, 0.3) is 0 Å². The number of aryl methyl sites for hydroxylation is 1. The van der Waals surface area contributed by atoms with Crippen molar-refractivity contribution in [2.24, 2.45) is 5.73 Å². The quantitative estimate of drug-likeness (QED) is 0.859. The molecule has 82 valence electrons. The number of methoxy groups -OCH3 is 1. The maximum atomic E-state index is 6.12. The van der Waals surface area contributed by atoms with Crippen LogP contribution in [-0.4, -0.2) is 13.7 Å². The molecule has 1 aromatic rings. The van der Waals surface area contributed by atoms with E-state index in [1.54, 1.807) is 7.11 Å². The van der Waals surface area contributed by atoms with Crippen molar-refractivity contribution in [3.63, 3.8) is 0 Å². The van der Waals surface area contributed by atoms with E-state index in [0.29, 0.717) is 11.6 Å². The smallest absolute Gasteiger partial charge is 0.138 e. The van der Waals surface area contributed by atoms with E-state index in [4.69, 9.17) is 22.1 Å². The second-order valence-electron chi connectivity index (χ2n) is 4.29. The van der Waals surface area contributed by atoms with Crippen molar-refractivity contribution < 1.29 is 4.74 Å². The summed E-state index contributed by atoms with van der Waals surface area (Å²) in [5, 5.41) is 0.703. The summed E-state index contributed by atoms with van der Waals surface area (Å²) in [5.74, 6) is 0.756. The van der Waals surface area contributed by atoms with Gasteiger partial charge in [-0.15, -0.1) is 0 Å². The summed E-state index contributed by atoms with van der Waals surface area (Å²) >= 11 is 6.12.